The summed E-state index contributed by atoms with van der Waals surface area (Å²) in [6, 6.07) is 3.61. The van der Waals surface area contributed by atoms with Gasteiger partial charge in [0.05, 0.1) is 17.4 Å². The van der Waals surface area contributed by atoms with Crippen LogP contribution in [0.25, 0.3) is 0 Å². The van der Waals surface area contributed by atoms with E-state index in [1.165, 1.54) is 0 Å². The van der Waals surface area contributed by atoms with Crippen molar-refractivity contribution < 1.29 is 4.79 Å². The molecule has 1 aromatic rings. The Labute approximate surface area is 108 Å². The molecule has 1 aromatic heterocycles. The minimum absolute atomic E-state index is 0.0352. The second-order valence-corrected chi connectivity index (χ2v) is 4.59. The molecule has 1 amide bonds. The summed E-state index contributed by atoms with van der Waals surface area (Å²) in [7, 11) is 0. The van der Waals surface area contributed by atoms with Gasteiger partial charge in [-0.15, -0.1) is 0 Å². The minimum Gasteiger partial charge on any atom is -0.323 e. The number of carbonyl (C=O) groups is 1. The zero-order chi connectivity index (χ0) is 13.0. The number of hydrogen-bond acceptors (Lipinski definition) is 4. The van der Waals surface area contributed by atoms with Gasteiger partial charge in [0, 0.05) is 32.4 Å². The molecule has 0 bridgehead atoms. The molecule has 2 heterocycles. The molecule has 0 spiro atoms. The predicted molar refractivity (Wildman–Crippen MR) is 71.5 cm³/mol. The number of pyridine rings is 1. The lowest BCUT2D eigenvalue weighted by Crippen LogP contribution is -2.51. The maximum absolute atomic E-state index is 12.2. The fourth-order valence-corrected chi connectivity index (χ4v) is 2.09. The van der Waals surface area contributed by atoms with E-state index in [4.69, 9.17) is 0 Å². The standard InChI is InChI=1S/C13H20N4O/c1-10-12(4-3-5-15-10)16-13(18)11(2)17-8-6-14-7-9-17/h3-5,11,14H,6-9H2,1-2H3,(H,16,18). The van der Waals surface area contributed by atoms with Crippen LogP contribution < -0.4 is 10.6 Å². The molecule has 0 aromatic carbocycles. The number of carbonyl (C=O) groups excluding carboxylic acids is 1. The monoisotopic (exact) mass is 248 g/mol. The third-order valence-electron chi connectivity index (χ3n) is 3.34. The largest absolute Gasteiger partial charge is 0.323 e. The highest BCUT2D eigenvalue weighted by Gasteiger charge is 2.22. The summed E-state index contributed by atoms with van der Waals surface area (Å²) in [6.07, 6.45) is 1.73. The van der Waals surface area contributed by atoms with E-state index in [2.05, 4.69) is 20.5 Å². The Kier molecular flexibility index (Phi) is 4.28. The molecular formula is C13H20N4O. The summed E-state index contributed by atoms with van der Waals surface area (Å²) < 4.78 is 0. The summed E-state index contributed by atoms with van der Waals surface area (Å²) in [5.74, 6) is 0.0352. The molecule has 18 heavy (non-hydrogen) atoms. The molecule has 0 radical (unpaired) electrons. The molecule has 2 N–H and O–H groups in total. The molecule has 5 nitrogen and oxygen atoms in total. The normalized spacial score (nSPS) is 18.3. The first-order valence-corrected chi connectivity index (χ1v) is 6.36. The number of hydrogen-bond donors (Lipinski definition) is 2. The Morgan fingerprint density at radius 3 is 2.89 bits per heavy atom. The van der Waals surface area contributed by atoms with Gasteiger partial charge in [-0.2, -0.15) is 0 Å². The van der Waals surface area contributed by atoms with Gasteiger partial charge in [-0.1, -0.05) is 0 Å². The van der Waals surface area contributed by atoms with Gasteiger partial charge in [0.2, 0.25) is 5.91 Å². The van der Waals surface area contributed by atoms with E-state index in [-0.39, 0.29) is 11.9 Å². The highest BCUT2D eigenvalue weighted by molar-refractivity contribution is 5.94. The van der Waals surface area contributed by atoms with E-state index < -0.39 is 0 Å². The van der Waals surface area contributed by atoms with Gasteiger partial charge in [-0.05, 0) is 26.0 Å². The second-order valence-electron chi connectivity index (χ2n) is 4.59. The highest BCUT2D eigenvalue weighted by atomic mass is 16.2. The Morgan fingerprint density at radius 1 is 1.50 bits per heavy atom. The van der Waals surface area contributed by atoms with Crippen molar-refractivity contribution in [1.82, 2.24) is 15.2 Å². The Balaban J connectivity index is 1.97. The van der Waals surface area contributed by atoms with E-state index in [1.54, 1.807) is 6.20 Å². The number of aromatic nitrogens is 1. The van der Waals surface area contributed by atoms with E-state index in [1.807, 2.05) is 26.0 Å². The van der Waals surface area contributed by atoms with Crippen molar-refractivity contribution in [2.75, 3.05) is 31.5 Å². The van der Waals surface area contributed by atoms with E-state index in [0.29, 0.717) is 0 Å². The lowest BCUT2D eigenvalue weighted by Gasteiger charge is -2.31. The van der Waals surface area contributed by atoms with Gasteiger partial charge in [0.25, 0.3) is 0 Å². The summed E-state index contributed by atoms with van der Waals surface area (Å²) in [4.78, 5) is 18.5. The number of anilines is 1. The van der Waals surface area contributed by atoms with Crippen LogP contribution in [-0.4, -0.2) is 48.0 Å². The highest BCUT2D eigenvalue weighted by Crippen LogP contribution is 2.12. The molecule has 0 saturated carbocycles. The maximum atomic E-state index is 12.2. The third-order valence-corrected chi connectivity index (χ3v) is 3.34. The van der Waals surface area contributed by atoms with E-state index >= 15 is 0 Å². The molecule has 1 atom stereocenters. The number of piperazine rings is 1. The third kappa shape index (κ3) is 3.05. The smallest absolute Gasteiger partial charge is 0.241 e. The molecule has 2 rings (SSSR count). The first-order valence-electron chi connectivity index (χ1n) is 6.36. The van der Waals surface area contributed by atoms with Crippen LogP contribution in [0.2, 0.25) is 0 Å². The van der Waals surface area contributed by atoms with Gasteiger partial charge in [0.15, 0.2) is 0 Å². The zero-order valence-electron chi connectivity index (χ0n) is 10.9. The SMILES string of the molecule is Cc1ncccc1NC(=O)C(C)N1CCNCC1. The van der Waals surface area contributed by atoms with Crippen molar-refractivity contribution in [2.24, 2.45) is 0 Å². The Bertz CT molecular complexity index is 415. The van der Waals surface area contributed by atoms with Crippen molar-refractivity contribution in [2.45, 2.75) is 19.9 Å². The molecule has 1 unspecified atom stereocenters. The van der Waals surface area contributed by atoms with Gasteiger partial charge in [0.1, 0.15) is 0 Å². The summed E-state index contributed by atoms with van der Waals surface area (Å²) in [5, 5.41) is 6.23. The summed E-state index contributed by atoms with van der Waals surface area (Å²) >= 11 is 0. The topological polar surface area (TPSA) is 57.3 Å². The fraction of sp³-hybridized carbons (Fsp3) is 0.538. The second kappa shape index (κ2) is 5.93. The molecule has 0 aliphatic carbocycles. The fourth-order valence-electron chi connectivity index (χ4n) is 2.09. The van der Waals surface area contributed by atoms with Crippen LogP contribution in [-0.2, 0) is 4.79 Å². The van der Waals surface area contributed by atoms with Crippen molar-refractivity contribution in [1.29, 1.82) is 0 Å². The van der Waals surface area contributed by atoms with E-state index in [9.17, 15) is 4.79 Å². The average molecular weight is 248 g/mol. The molecule has 5 heteroatoms. The Morgan fingerprint density at radius 2 is 2.22 bits per heavy atom. The maximum Gasteiger partial charge on any atom is 0.241 e. The van der Waals surface area contributed by atoms with Crippen LogP contribution in [0.15, 0.2) is 18.3 Å². The molecule has 1 fully saturated rings. The van der Waals surface area contributed by atoms with Crippen LogP contribution in [0, 0.1) is 6.92 Å². The van der Waals surface area contributed by atoms with Crippen molar-refractivity contribution in [3.05, 3.63) is 24.0 Å². The van der Waals surface area contributed by atoms with Crippen molar-refractivity contribution in [3.63, 3.8) is 0 Å². The van der Waals surface area contributed by atoms with Crippen LogP contribution in [0.4, 0.5) is 5.69 Å². The summed E-state index contributed by atoms with van der Waals surface area (Å²) in [6.45, 7) is 7.58. The lowest BCUT2D eigenvalue weighted by atomic mass is 10.2. The molecule has 98 valence electrons. The lowest BCUT2D eigenvalue weighted by molar-refractivity contribution is -0.120. The van der Waals surface area contributed by atoms with Crippen LogP contribution in [0.3, 0.4) is 0 Å². The molecule has 1 aliphatic heterocycles. The van der Waals surface area contributed by atoms with Gasteiger partial charge >= 0.3 is 0 Å². The predicted octanol–water partition coefficient (Wildman–Crippen LogP) is 0.622. The number of amides is 1. The van der Waals surface area contributed by atoms with Crippen LogP contribution >= 0.6 is 0 Å². The summed E-state index contributed by atoms with van der Waals surface area (Å²) in [5.41, 5.74) is 1.64. The molecule has 1 saturated heterocycles. The number of aryl methyl sites for hydroxylation is 1. The number of rotatable bonds is 3. The molecular weight excluding hydrogens is 228 g/mol. The zero-order valence-corrected chi connectivity index (χ0v) is 10.9. The van der Waals surface area contributed by atoms with Gasteiger partial charge in [-0.3, -0.25) is 14.7 Å². The average Bonchev–Trinajstić information content (AvgIpc) is 2.41. The first kappa shape index (κ1) is 13.0. The van der Waals surface area contributed by atoms with Crippen LogP contribution in [0.1, 0.15) is 12.6 Å². The van der Waals surface area contributed by atoms with Crippen molar-refractivity contribution in [3.8, 4) is 0 Å². The van der Waals surface area contributed by atoms with Gasteiger partial charge in [-0.25, -0.2) is 0 Å². The first-order chi connectivity index (χ1) is 8.68. The number of nitrogens with zero attached hydrogens (tertiary/aromatic N) is 2. The van der Waals surface area contributed by atoms with Gasteiger partial charge < -0.3 is 10.6 Å². The van der Waals surface area contributed by atoms with Crippen LogP contribution in [0.5, 0.6) is 0 Å². The Hall–Kier alpha value is -1.46. The quantitative estimate of drug-likeness (QED) is 0.823. The minimum atomic E-state index is -0.105. The molecule has 1 aliphatic rings. The number of nitrogens with one attached hydrogen (secondary N) is 2. The van der Waals surface area contributed by atoms with Crippen molar-refractivity contribution >= 4 is 11.6 Å². The van der Waals surface area contributed by atoms with E-state index in [0.717, 1.165) is 37.6 Å².